The van der Waals surface area contributed by atoms with Gasteiger partial charge in [-0.1, -0.05) is 33.1 Å². The highest BCUT2D eigenvalue weighted by molar-refractivity contribution is 4.97. The van der Waals surface area contributed by atoms with E-state index in [0.29, 0.717) is 0 Å². The normalized spacial score (nSPS) is 11.3. The number of nitrogens with one attached hydrogen (secondary N) is 1. The first-order valence-electron chi connectivity index (χ1n) is 7.32. The molecule has 0 aliphatic carbocycles. The fraction of sp³-hybridized carbons (Fsp3) is 0.733. The molecule has 0 radical (unpaired) electrons. The second-order valence-electron chi connectivity index (χ2n) is 4.76. The van der Waals surface area contributed by atoms with Gasteiger partial charge in [-0.2, -0.15) is 0 Å². The minimum absolute atomic E-state index is 0.918. The lowest BCUT2D eigenvalue weighted by Gasteiger charge is -2.19. The van der Waals surface area contributed by atoms with Crippen LogP contribution in [0.15, 0.2) is 22.8 Å². The molecule has 104 valence electrons. The average molecular weight is 252 g/mol. The smallest absolute Gasteiger partial charge is 0.117 e. The van der Waals surface area contributed by atoms with Gasteiger partial charge in [-0.15, -0.1) is 0 Å². The fourth-order valence-corrected chi connectivity index (χ4v) is 2.01. The Balaban J connectivity index is 2.01. The molecular formula is C15H28N2O. The zero-order valence-electron chi connectivity index (χ0n) is 12.0. The summed E-state index contributed by atoms with van der Waals surface area (Å²) in [6, 6.07) is 4.00. The molecule has 0 saturated carbocycles. The van der Waals surface area contributed by atoms with E-state index in [4.69, 9.17) is 4.42 Å². The van der Waals surface area contributed by atoms with Gasteiger partial charge in [0.15, 0.2) is 0 Å². The second kappa shape index (κ2) is 10.2. The largest absolute Gasteiger partial charge is 0.468 e. The first-order chi connectivity index (χ1) is 8.86. The van der Waals surface area contributed by atoms with Crippen LogP contribution in [-0.2, 0) is 6.54 Å². The Hall–Kier alpha value is -0.800. The van der Waals surface area contributed by atoms with Crippen LogP contribution in [0.3, 0.4) is 0 Å². The first-order valence-corrected chi connectivity index (χ1v) is 7.32. The molecule has 3 nitrogen and oxygen atoms in total. The van der Waals surface area contributed by atoms with Crippen LogP contribution >= 0.6 is 0 Å². The zero-order chi connectivity index (χ0) is 13.1. The molecule has 0 atom stereocenters. The Kier molecular flexibility index (Phi) is 8.61. The molecule has 0 bridgehead atoms. The van der Waals surface area contributed by atoms with Crippen LogP contribution < -0.4 is 5.32 Å². The Morgan fingerprint density at radius 2 is 2.06 bits per heavy atom. The predicted octanol–water partition coefficient (Wildman–Crippen LogP) is 3.27. The Bertz CT molecular complexity index is 272. The second-order valence-corrected chi connectivity index (χ2v) is 4.76. The molecule has 0 aliphatic heterocycles. The zero-order valence-corrected chi connectivity index (χ0v) is 12.0. The number of hydrogen-bond donors (Lipinski definition) is 1. The summed E-state index contributed by atoms with van der Waals surface area (Å²) in [6.07, 6.45) is 7.08. The summed E-state index contributed by atoms with van der Waals surface area (Å²) in [5.74, 6) is 1.06. The highest BCUT2D eigenvalue weighted by Crippen LogP contribution is 2.04. The highest BCUT2D eigenvalue weighted by Gasteiger charge is 2.04. The van der Waals surface area contributed by atoms with Gasteiger partial charge in [0.2, 0.25) is 0 Å². The standard InChI is InChI=1S/C15H28N2O/c1-3-5-6-7-10-16-11-12-17(4-2)14-15-9-8-13-18-15/h8-9,13,16H,3-7,10-12,14H2,1-2H3. The van der Waals surface area contributed by atoms with Crippen molar-refractivity contribution in [2.45, 2.75) is 46.1 Å². The fourth-order valence-electron chi connectivity index (χ4n) is 2.01. The van der Waals surface area contributed by atoms with Crippen molar-refractivity contribution in [2.24, 2.45) is 0 Å². The van der Waals surface area contributed by atoms with Gasteiger partial charge in [-0.25, -0.2) is 0 Å². The Morgan fingerprint density at radius 3 is 2.72 bits per heavy atom. The van der Waals surface area contributed by atoms with Gasteiger partial charge >= 0.3 is 0 Å². The van der Waals surface area contributed by atoms with Gasteiger partial charge < -0.3 is 9.73 Å². The number of furan rings is 1. The summed E-state index contributed by atoms with van der Waals surface area (Å²) in [7, 11) is 0. The summed E-state index contributed by atoms with van der Waals surface area (Å²) >= 11 is 0. The van der Waals surface area contributed by atoms with Gasteiger partial charge in [0.05, 0.1) is 12.8 Å². The molecule has 0 unspecified atom stereocenters. The molecule has 1 aromatic heterocycles. The highest BCUT2D eigenvalue weighted by atomic mass is 16.3. The van der Waals surface area contributed by atoms with Crippen molar-refractivity contribution in [1.82, 2.24) is 10.2 Å². The predicted molar refractivity (Wildman–Crippen MR) is 76.7 cm³/mol. The van der Waals surface area contributed by atoms with Gasteiger partial charge in [0, 0.05) is 13.1 Å². The molecule has 1 heterocycles. The van der Waals surface area contributed by atoms with E-state index in [1.807, 2.05) is 12.1 Å². The summed E-state index contributed by atoms with van der Waals surface area (Å²) in [4.78, 5) is 2.40. The van der Waals surface area contributed by atoms with Crippen LogP contribution in [0, 0.1) is 0 Å². The minimum Gasteiger partial charge on any atom is -0.468 e. The summed E-state index contributed by atoms with van der Waals surface area (Å²) < 4.78 is 5.38. The third kappa shape index (κ3) is 6.82. The van der Waals surface area contributed by atoms with E-state index < -0.39 is 0 Å². The van der Waals surface area contributed by atoms with Crippen LogP contribution in [0.1, 0.15) is 45.3 Å². The summed E-state index contributed by atoms with van der Waals surface area (Å²) in [6.45, 7) is 9.74. The molecule has 0 spiro atoms. The number of likely N-dealkylation sites (N-methyl/N-ethyl adjacent to an activating group) is 1. The third-order valence-corrected chi connectivity index (χ3v) is 3.22. The van der Waals surface area contributed by atoms with Crippen molar-refractivity contribution in [3.63, 3.8) is 0 Å². The lowest BCUT2D eigenvalue weighted by atomic mass is 10.2. The molecule has 1 N–H and O–H groups in total. The van der Waals surface area contributed by atoms with Gasteiger partial charge in [0.25, 0.3) is 0 Å². The molecule has 1 rings (SSSR count). The average Bonchev–Trinajstić information content (AvgIpc) is 2.89. The van der Waals surface area contributed by atoms with E-state index in [1.165, 1.54) is 25.7 Å². The van der Waals surface area contributed by atoms with E-state index in [-0.39, 0.29) is 0 Å². The maximum Gasteiger partial charge on any atom is 0.117 e. The summed E-state index contributed by atoms with van der Waals surface area (Å²) in [5.41, 5.74) is 0. The van der Waals surface area contributed by atoms with E-state index >= 15 is 0 Å². The summed E-state index contributed by atoms with van der Waals surface area (Å²) in [5, 5.41) is 3.52. The van der Waals surface area contributed by atoms with Crippen LogP contribution in [0.4, 0.5) is 0 Å². The topological polar surface area (TPSA) is 28.4 Å². The SMILES string of the molecule is CCCCCCNCCN(CC)Cc1ccco1. The van der Waals surface area contributed by atoms with Gasteiger partial charge in [-0.05, 0) is 31.6 Å². The van der Waals surface area contributed by atoms with E-state index in [0.717, 1.165) is 38.5 Å². The third-order valence-electron chi connectivity index (χ3n) is 3.22. The minimum atomic E-state index is 0.918. The van der Waals surface area contributed by atoms with Crippen molar-refractivity contribution >= 4 is 0 Å². The van der Waals surface area contributed by atoms with Crippen LogP contribution in [-0.4, -0.2) is 31.1 Å². The molecule has 0 amide bonds. The van der Waals surface area contributed by atoms with Crippen LogP contribution in [0.2, 0.25) is 0 Å². The molecule has 18 heavy (non-hydrogen) atoms. The molecule has 0 aromatic carbocycles. The van der Waals surface area contributed by atoms with Crippen molar-refractivity contribution in [2.75, 3.05) is 26.2 Å². The van der Waals surface area contributed by atoms with Crippen molar-refractivity contribution in [3.05, 3.63) is 24.2 Å². The number of nitrogens with zero attached hydrogens (tertiary/aromatic N) is 1. The van der Waals surface area contributed by atoms with E-state index in [2.05, 4.69) is 24.1 Å². The molecule has 0 fully saturated rings. The van der Waals surface area contributed by atoms with Gasteiger partial charge in [-0.3, -0.25) is 4.90 Å². The number of unbranched alkanes of at least 4 members (excludes halogenated alkanes) is 3. The van der Waals surface area contributed by atoms with Crippen molar-refractivity contribution in [3.8, 4) is 0 Å². The van der Waals surface area contributed by atoms with Crippen LogP contribution in [0.25, 0.3) is 0 Å². The Labute approximate surface area is 112 Å². The molecule has 1 aromatic rings. The molecule has 0 aliphatic rings. The maximum atomic E-state index is 5.38. The maximum absolute atomic E-state index is 5.38. The van der Waals surface area contributed by atoms with Crippen molar-refractivity contribution < 1.29 is 4.42 Å². The van der Waals surface area contributed by atoms with E-state index in [9.17, 15) is 0 Å². The molecule has 0 saturated heterocycles. The first kappa shape index (κ1) is 15.3. The number of hydrogen-bond acceptors (Lipinski definition) is 3. The lowest BCUT2D eigenvalue weighted by Crippen LogP contribution is -2.32. The number of rotatable bonds is 11. The van der Waals surface area contributed by atoms with Crippen molar-refractivity contribution in [1.29, 1.82) is 0 Å². The molecular weight excluding hydrogens is 224 g/mol. The quantitative estimate of drug-likeness (QED) is 0.613. The van der Waals surface area contributed by atoms with E-state index in [1.54, 1.807) is 6.26 Å². The lowest BCUT2D eigenvalue weighted by molar-refractivity contribution is 0.255. The monoisotopic (exact) mass is 252 g/mol. The Morgan fingerprint density at radius 1 is 1.17 bits per heavy atom. The van der Waals surface area contributed by atoms with Crippen LogP contribution in [0.5, 0.6) is 0 Å². The van der Waals surface area contributed by atoms with Gasteiger partial charge in [0.1, 0.15) is 5.76 Å². The molecule has 3 heteroatoms.